The third-order valence-corrected chi connectivity index (χ3v) is 18.1. The molecule has 0 amide bonds. The topological polar surface area (TPSA) is 107 Å². The highest BCUT2D eigenvalue weighted by Gasteiger charge is 2.63. The number of carbonyl (C=O) groups is 3. The van der Waals surface area contributed by atoms with Crippen LogP contribution in [0.1, 0.15) is 69.2 Å². The van der Waals surface area contributed by atoms with Gasteiger partial charge in [0.1, 0.15) is 12.7 Å². The molecule has 2 aromatic carbocycles. The van der Waals surface area contributed by atoms with E-state index in [1.807, 2.05) is 0 Å². The lowest BCUT2D eigenvalue weighted by molar-refractivity contribution is -0.260. The summed E-state index contributed by atoms with van der Waals surface area (Å²) < 4.78 is 37.8. The third kappa shape index (κ3) is 8.91. The molecule has 4 atom stereocenters. The van der Waals surface area contributed by atoms with Crippen LogP contribution in [-0.4, -0.2) is 71.9 Å². The SMILES string of the molecule is CC(=O)O[C@]1(CO[Si](C)(C)C(C)(C)C)O[C@H](CO[Si](C)(C)C(C)(C)C)[C@@H](OC(=O)c2ccccc2)[C@H]1OC(=O)c1ccccc1. The van der Waals surface area contributed by atoms with Gasteiger partial charge in [-0.15, -0.1) is 0 Å². The molecule has 0 aromatic heterocycles. The van der Waals surface area contributed by atoms with Gasteiger partial charge in [-0.05, 0) is 60.5 Å². The van der Waals surface area contributed by atoms with Crippen molar-refractivity contribution in [3.05, 3.63) is 71.8 Å². The van der Waals surface area contributed by atoms with Crippen molar-refractivity contribution >= 4 is 34.5 Å². The average Bonchev–Trinajstić information content (AvgIpc) is 3.21. The van der Waals surface area contributed by atoms with Crippen LogP contribution in [0.2, 0.25) is 36.3 Å². The van der Waals surface area contributed by atoms with Gasteiger partial charge in [-0.3, -0.25) is 4.79 Å². The Labute approximate surface area is 270 Å². The van der Waals surface area contributed by atoms with E-state index in [9.17, 15) is 14.4 Å². The van der Waals surface area contributed by atoms with E-state index in [0.717, 1.165) is 0 Å². The fourth-order valence-corrected chi connectivity index (χ4v) is 6.27. The quantitative estimate of drug-likeness (QED) is 0.141. The summed E-state index contributed by atoms with van der Waals surface area (Å²) in [5.74, 6) is -3.94. The van der Waals surface area contributed by atoms with E-state index in [-0.39, 0.29) is 28.9 Å². The molecule has 1 heterocycles. The number of rotatable bonds is 11. The van der Waals surface area contributed by atoms with Gasteiger partial charge in [0.2, 0.25) is 6.10 Å². The number of benzene rings is 2. The number of hydrogen-bond acceptors (Lipinski definition) is 9. The van der Waals surface area contributed by atoms with Crippen LogP contribution in [0.5, 0.6) is 0 Å². The Morgan fingerprint density at radius 2 is 1.18 bits per heavy atom. The fraction of sp³-hybridized carbons (Fsp3) is 0.559. The largest absolute Gasteiger partial charge is 0.452 e. The summed E-state index contributed by atoms with van der Waals surface area (Å²) in [5, 5.41) is -0.317. The van der Waals surface area contributed by atoms with Gasteiger partial charge >= 0.3 is 17.9 Å². The zero-order valence-electron chi connectivity index (χ0n) is 28.6. The Bertz CT molecular complexity index is 1320. The van der Waals surface area contributed by atoms with Gasteiger partial charge < -0.3 is 27.8 Å². The second kappa shape index (κ2) is 13.9. The summed E-state index contributed by atoms with van der Waals surface area (Å²) >= 11 is 0. The highest BCUT2D eigenvalue weighted by molar-refractivity contribution is 6.74. The molecule has 0 unspecified atom stereocenters. The molecule has 248 valence electrons. The van der Waals surface area contributed by atoms with E-state index in [1.54, 1.807) is 60.7 Å². The lowest BCUT2D eigenvalue weighted by Crippen LogP contribution is -2.55. The molecule has 1 aliphatic rings. The van der Waals surface area contributed by atoms with Crippen LogP contribution in [0, 0.1) is 0 Å². The molecule has 3 rings (SSSR count). The zero-order chi connectivity index (χ0) is 33.8. The van der Waals surface area contributed by atoms with Crippen molar-refractivity contribution in [2.45, 2.75) is 109 Å². The molecule has 1 aliphatic heterocycles. The molecule has 0 bridgehead atoms. The normalized spacial score (nSPS) is 22.5. The average molecular weight is 659 g/mol. The van der Waals surface area contributed by atoms with Crippen LogP contribution in [0.3, 0.4) is 0 Å². The van der Waals surface area contributed by atoms with Gasteiger partial charge in [0, 0.05) is 6.92 Å². The minimum Gasteiger partial charge on any atom is -0.452 e. The predicted octanol–water partition coefficient (Wildman–Crippen LogP) is 7.14. The molecule has 0 saturated carbocycles. The molecule has 0 N–H and O–H groups in total. The molecule has 0 spiro atoms. The molecular weight excluding hydrogens is 609 g/mol. The second-order valence-corrected chi connectivity index (χ2v) is 24.2. The molecule has 9 nitrogen and oxygen atoms in total. The van der Waals surface area contributed by atoms with Gasteiger partial charge in [0.25, 0.3) is 5.79 Å². The van der Waals surface area contributed by atoms with Crippen LogP contribution < -0.4 is 0 Å². The van der Waals surface area contributed by atoms with Crippen molar-refractivity contribution in [1.82, 2.24) is 0 Å². The molecule has 0 radical (unpaired) electrons. The molecule has 0 aliphatic carbocycles. The Balaban J connectivity index is 2.14. The molecule has 2 aromatic rings. The summed E-state index contributed by atoms with van der Waals surface area (Å²) in [7, 11) is -4.77. The molecule has 11 heteroatoms. The summed E-state index contributed by atoms with van der Waals surface area (Å²) in [6, 6.07) is 16.9. The summed E-state index contributed by atoms with van der Waals surface area (Å²) in [6.45, 7) is 21.9. The monoisotopic (exact) mass is 658 g/mol. The summed E-state index contributed by atoms with van der Waals surface area (Å²) in [4.78, 5) is 39.8. The number of carbonyl (C=O) groups excluding carboxylic acids is 3. The lowest BCUT2D eigenvalue weighted by atomic mass is 10.0. The van der Waals surface area contributed by atoms with Crippen LogP contribution in [0.15, 0.2) is 60.7 Å². The van der Waals surface area contributed by atoms with Gasteiger partial charge in [-0.25, -0.2) is 9.59 Å². The first kappa shape index (κ1) is 36.6. The van der Waals surface area contributed by atoms with E-state index in [4.69, 9.17) is 27.8 Å². The lowest BCUT2D eigenvalue weighted by Gasteiger charge is -2.40. The summed E-state index contributed by atoms with van der Waals surface area (Å²) in [5.41, 5.74) is 0.575. The van der Waals surface area contributed by atoms with Crippen molar-refractivity contribution in [1.29, 1.82) is 0 Å². The number of esters is 3. The van der Waals surface area contributed by atoms with Crippen molar-refractivity contribution in [2.24, 2.45) is 0 Å². The van der Waals surface area contributed by atoms with Gasteiger partial charge in [-0.1, -0.05) is 77.9 Å². The minimum atomic E-state index is -2.45. The van der Waals surface area contributed by atoms with E-state index in [2.05, 4.69) is 67.7 Å². The van der Waals surface area contributed by atoms with Crippen molar-refractivity contribution in [3.63, 3.8) is 0 Å². The van der Waals surface area contributed by atoms with Crippen LogP contribution in [0.4, 0.5) is 0 Å². The maximum atomic E-state index is 13.6. The molecule has 45 heavy (non-hydrogen) atoms. The van der Waals surface area contributed by atoms with Crippen molar-refractivity contribution < 1.29 is 42.2 Å². The predicted molar refractivity (Wildman–Crippen MR) is 177 cm³/mol. The van der Waals surface area contributed by atoms with Crippen LogP contribution >= 0.6 is 0 Å². The number of ether oxygens (including phenoxy) is 4. The van der Waals surface area contributed by atoms with E-state index >= 15 is 0 Å². The second-order valence-electron chi connectivity index (χ2n) is 14.6. The smallest absolute Gasteiger partial charge is 0.338 e. The first-order valence-electron chi connectivity index (χ1n) is 15.4. The van der Waals surface area contributed by atoms with Crippen molar-refractivity contribution in [2.75, 3.05) is 13.2 Å². The first-order chi connectivity index (χ1) is 20.7. The standard InChI is InChI=1S/C34H50O9Si2/c1-24(35)42-34(23-39-45(10,11)33(5,6)7)29(41-31(37)26-20-16-13-17-21-26)28(40-30(36)25-18-14-12-15-19-25)27(43-34)22-38-44(8,9)32(2,3)4/h12-21,27-29H,22-23H2,1-11H3/t27-,28-,29-,34-/m1/s1. The number of hydrogen-bond donors (Lipinski definition) is 0. The highest BCUT2D eigenvalue weighted by Crippen LogP contribution is 2.43. The highest BCUT2D eigenvalue weighted by atomic mass is 28.4. The maximum Gasteiger partial charge on any atom is 0.338 e. The first-order valence-corrected chi connectivity index (χ1v) is 21.2. The van der Waals surface area contributed by atoms with Gasteiger partial charge in [0.15, 0.2) is 22.7 Å². The van der Waals surface area contributed by atoms with Crippen LogP contribution in [-0.2, 0) is 32.6 Å². The summed E-state index contributed by atoms with van der Waals surface area (Å²) in [6.07, 6.45) is -3.53. The molecule has 1 fully saturated rings. The van der Waals surface area contributed by atoms with Crippen LogP contribution in [0.25, 0.3) is 0 Å². The Kier molecular flexibility index (Phi) is 11.3. The Morgan fingerprint density at radius 1 is 0.733 bits per heavy atom. The molecular formula is C34H50O9Si2. The van der Waals surface area contributed by atoms with E-state index in [1.165, 1.54) is 6.92 Å². The van der Waals surface area contributed by atoms with E-state index in [0.29, 0.717) is 5.56 Å². The zero-order valence-corrected chi connectivity index (χ0v) is 30.6. The maximum absolute atomic E-state index is 13.6. The fourth-order valence-electron chi connectivity index (χ4n) is 4.26. The van der Waals surface area contributed by atoms with Gasteiger partial charge in [-0.2, -0.15) is 0 Å². The Morgan fingerprint density at radius 3 is 1.62 bits per heavy atom. The van der Waals surface area contributed by atoms with E-state index < -0.39 is 58.6 Å². The van der Waals surface area contributed by atoms with Crippen molar-refractivity contribution in [3.8, 4) is 0 Å². The third-order valence-electron chi connectivity index (χ3n) is 9.12. The Hall–Kier alpha value is -2.84. The molecule has 1 saturated heterocycles. The van der Waals surface area contributed by atoms with Gasteiger partial charge in [0.05, 0.1) is 17.7 Å². The minimum absolute atomic E-state index is 0.00568.